The van der Waals surface area contributed by atoms with E-state index in [1.807, 2.05) is 6.92 Å². The molecule has 0 bridgehead atoms. The summed E-state index contributed by atoms with van der Waals surface area (Å²) in [5, 5.41) is 8.71. The lowest BCUT2D eigenvalue weighted by Crippen LogP contribution is -2.42. The third kappa shape index (κ3) is 3.71. The van der Waals surface area contributed by atoms with Crippen LogP contribution >= 0.6 is 0 Å². The maximum Gasteiger partial charge on any atom is 0.214 e. The van der Waals surface area contributed by atoms with Crippen LogP contribution in [0.15, 0.2) is 0 Å². The number of hydrogen-bond donors (Lipinski definition) is 1. The molecule has 1 N–H and O–H groups in total. The molecule has 1 aliphatic rings. The van der Waals surface area contributed by atoms with Gasteiger partial charge in [-0.1, -0.05) is 26.2 Å². The molecule has 0 spiro atoms. The molecule has 0 saturated heterocycles. The van der Waals surface area contributed by atoms with Crippen LogP contribution < -0.4 is 0 Å². The lowest BCUT2D eigenvalue weighted by Gasteiger charge is -2.32. The summed E-state index contributed by atoms with van der Waals surface area (Å²) in [4.78, 5) is 0. The summed E-state index contributed by atoms with van der Waals surface area (Å²) in [6.45, 7) is 2.39. The van der Waals surface area contributed by atoms with E-state index >= 15 is 0 Å². The van der Waals surface area contributed by atoms with E-state index in [-0.39, 0.29) is 18.4 Å². The topological polar surface area (TPSA) is 57.6 Å². The third-order valence-electron chi connectivity index (χ3n) is 3.21. The predicted octanol–water partition coefficient (Wildman–Crippen LogP) is 1.35. The first kappa shape index (κ1) is 13.9. The van der Waals surface area contributed by atoms with E-state index in [9.17, 15) is 8.42 Å². The van der Waals surface area contributed by atoms with E-state index in [0.717, 1.165) is 25.7 Å². The molecule has 0 radical (unpaired) electrons. The van der Waals surface area contributed by atoms with E-state index in [4.69, 9.17) is 5.11 Å². The highest BCUT2D eigenvalue weighted by molar-refractivity contribution is 7.89. The standard InChI is InChI=1S/C11H23NO3S/c1-2-12(11-7-4-3-5-8-11)16(14,15)10-6-9-13/h11,13H,2-10H2,1H3. The Labute approximate surface area is 98.7 Å². The minimum atomic E-state index is -3.16. The minimum Gasteiger partial charge on any atom is -0.396 e. The molecule has 1 aliphatic carbocycles. The number of rotatable bonds is 6. The van der Waals surface area contributed by atoms with Gasteiger partial charge in [0, 0.05) is 19.2 Å². The molecular weight excluding hydrogens is 226 g/mol. The molecule has 16 heavy (non-hydrogen) atoms. The summed E-state index contributed by atoms with van der Waals surface area (Å²) >= 11 is 0. The van der Waals surface area contributed by atoms with E-state index in [1.54, 1.807) is 4.31 Å². The van der Waals surface area contributed by atoms with Crippen molar-refractivity contribution in [2.45, 2.75) is 51.5 Å². The molecule has 0 aromatic heterocycles. The summed E-state index contributed by atoms with van der Waals surface area (Å²) < 4.78 is 25.7. The van der Waals surface area contributed by atoms with E-state index in [2.05, 4.69) is 0 Å². The molecule has 96 valence electrons. The highest BCUT2D eigenvalue weighted by Gasteiger charge is 2.28. The van der Waals surface area contributed by atoms with Crippen LogP contribution in [0.5, 0.6) is 0 Å². The summed E-state index contributed by atoms with van der Waals surface area (Å²) in [6, 6.07) is 0.197. The third-order valence-corrected chi connectivity index (χ3v) is 5.29. The first-order chi connectivity index (χ1) is 7.61. The Bertz CT molecular complexity index is 284. The van der Waals surface area contributed by atoms with Crippen molar-refractivity contribution in [2.24, 2.45) is 0 Å². The Morgan fingerprint density at radius 1 is 1.25 bits per heavy atom. The number of aliphatic hydroxyl groups excluding tert-OH is 1. The van der Waals surface area contributed by atoms with E-state index in [0.29, 0.717) is 13.0 Å². The molecule has 0 aromatic rings. The Kier molecular flexibility index (Phi) is 5.72. The van der Waals surface area contributed by atoms with Crippen LogP contribution in [0.4, 0.5) is 0 Å². The molecule has 1 rings (SSSR count). The normalized spacial score (nSPS) is 19.2. The fraction of sp³-hybridized carbons (Fsp3) is 1.00. The molecule has 0 aliphatic heterocycles. The van der Waals surface area contributed by atoms with Gasteiger partial charge >= 0.3 is 0 Å². The molecule has 1 saturated carbocycles. The first-order valence-corrected chi connectivity index (χ1v) is 7.83. The number of aliphatic hydroxyl groups is 1. The molecule has 0 aromatic carbocycles. The molecule has 1 fully saturated rings. The van der Waals surface area contributed by atoms with Crippen LogP contribution in [-0.4, -0.2) is 42.8 Å². The quantitative estimate of drug-likeness (QED) is 0.773. The average molecular weight is 249 g/mol. The van der Waals surface area contributed by atoms with Gasteiger partial charge < -0.3 is 5.11 Å². The zero-order valence-corrected chi connectivity index (χ0v) is 10.9. The molecule has 0 amide bonds. The summed E-state index contributed by atoms with van der Waals surface area (Å²) in [7, 11) is -3.16. The number of hydrogen-bond acceptors (Lipinski definition) is 3. The largest absolute Gasteiger partial charge is 0.396 e. The van der Waals surface area contributed by atoms with Gasteiger partial charge in [-0.3, -0.25) is 0 Å². The molecule has 4 nitrogen and oxygen atoms in total. The second-order valence-electron chi connectivity index (χ2n) is 4.39. The van der Waals surface area contributed by atoms with Crippen molar-refractivity contribution < 1.29 is 13.5 Å². The van der Waals surface area contributed by atoms with Gasteiger partial charge in [0.25, 0.3) is 0 Å². The number of sulfonamides is 1. The van der Waals surface area contributed by atoms with Crippen molar-refractivity contribution in [2.75, 3.05) is 18.9 Å². The van der Waals surface area contributed by atoms with Gasteiger partial charge in [0.15, 0.2) is 0 Å². The highest BCUT2D eigenvalue weighted by Crippen LogP contribution is 2.24. The Hall–Kier alpha value is -0.130. The second kappa shape index (κ2) is 6.57. The summed E-state index contributed by atoms with van der Waals surface area (Å²) in [5.41, 5.74) is 0. The van der Waals surface area contributed by atoms with Crippen LogP contribution in [0.3, 0.4) is 0 Å². The second-order valence-corrected chi connectivity index (χ2v) is 6.43. The van der Waals surface area contributed by atoms with Crippen molar-refractivity contribution in [1.29, 1.82) is 0 Å². The fourth-order valence-corrected chi connectivity index (χ4v) is 4.20. The zero-order chi connectivity index (χ0) is 12.0. The van der Waals surface area contributed by atoms with Crippen molar-refractivity contribution >= 4 is 10.0 Å². The fourth-order valence-electron chi connectivity index (χ4n) is 2.42. The first-order valence-electron chi connectivity index (χ1n) is 6.22. The molecule has 0 atom stereocenters. The van der Waals surface area contributed by atoms with Gasteiger partial charge in [-0.2, -0.15) is 4.31 Å². The van der Waals surface area contributed by atoms with Crippen LogP contribution in [0.2, 0.25) is 0 Å². The monoisotopic (exact) mass is 249 g/mol. The van der Waals surface area contributed by atoms with Crippen molar-refractivity contribution in [3.05, 3.63) is 0 Å². The maximum atomic E-state index is 12.0. The van der Waals surface area contributed by atoms with Gasteiger partial charge in [0.1, 0.15) is 0 Å². The van der Waals surface area contributed by atoms with E-state index < -0.39 is 10.0 Å². The van der Waals surface area contributed by atoms with Crippen molar-refractivity contribution in [1.82, 2.24) is 4.31 Å². The Balaban J connectivity index is 2.64. The Morgan fingerprint density at radius 3 is 2.38 bits per heavy atom. The molecular formula is C11H23NO3S. The lowest BCUT2D eigenvalue weighted by molar-refractivity contribution is 0.258. The lowest BCUT2D eigenvalue weighted by atomic mass is 9.95. The van der Waals surface area contributed by atoms with Crippen LogP contribution in [0, 0.1) is 0 Å². The molecule has 5 heteroatoms. The number of nitrogens with zero attached hydrogens (tertiary/aromatic N) is 1. The van der Waals surface area contributed by atoms with Gasteiger partial charge in [-0.25, -0.2) is 8.42 Å². The van der Waals surface area contributed by atoms with Crippen LogP contribution in [0.1, 0.15) is 45.4 Å². The summed E-state index contributed by atoms with van der Waals surface area (Å²) in [5.74, 6) is 0.0772. The van der Waals surface area contributed by atoms with Crippen molar-refractivity contribution in [3.8, 4) is 0 Å². The predicted molar refractivity (Wildman–Crippen MR) is 64.7 cm³/mol. The van der Waals surface area contributed by atoms with Gasteiger partial charge in [0.05, 0.1) is 5.75 Å². The minimum absolute atomic E-state index is 0.0541. The average Bonchev–Trinajstić information content (AvgIpc) is 2.28. The summed E-state index contributed by atoms with van der Waals surface area (Å²) in [6.07, 6.45) is 5.82. The smallest absolute Gasteiger partial charge is 0.214 e. The highest BCUT2D eigenvalue weighted by atomic mass is 32.2. The Morgan fingerprint density at radius 2 is 1.88 bits per heavy atom. The van der Waals surface area contributed by atoms with Crippen LogP contribution in [-0.2, 0) is 10.0 Å². The van der Waals surface area contributed by atoms with E-state index in [1.165, 1.54) is 6.42 Å². The molecule has 0 heterocycles. The van der Waals surface area contributed by atoms with Gasteiger partial charge in [-0.15, -0.1) is 0 Å². The van der Waals surface area contributed by atoms with Gasteiger partial charge in [0.2, 0.25) is 10.0 Å². The molecule has 0 unspecified atom stereocenters. The maximum absolute atomic E-state index is 12.0. The SMILES string of the molecule is CCN(C1CCCCC1)S(=O)(=O)CCCO. The zero-order valence-electron chi connectivity index (χ0n) is 10.1. The van der Waals surface area contributed by atoms with Gasteiger partial charge in [-0.05, 0) is 19.3 Å². The van der Waals surface area contributed by atoms with Crippen LogP contribution in [0.25, 0.3) is 0 Å². The van der Waals surface area contributed by atoms with Crippen molar-refractivity contribution in [3.63, 3.8) is 0 Å².